The largest absolute Gasteiger partial charge is 0.291 e. The van der Waals surface area contributed by atoms with E-state index < -0.39 is 0 Å². The molecule has 0 radical (unpaired) electrons. The van der Waals surface area contributed by atoms with Gasteiger partial charge in [0.05, 0.1) is 5.52 Å². The first-order valence-corrected chi connectivity index (χ1v) is 13.2. The molecule has 0 bridgehead atoms. The van der Waals surface area contributed by atoms with Crippen molar-refractivity contribution < 1.29 is 0 Å². The molecule has 5 aromatic rings. The van der Waals surface area contributed by atoms with Gasteiger partial charge in [0, 0.05) is 22.2 Å². The lowest BCUT2D eigenvalue weighted by molar-refractivity contribution is 0.323. The van der Waals surface area contributed by atoms with Crippen LogP contribution in [0.25, 0.3) is 42.8 Å². The minimum absolute atomic E-state index is 0.101. The van der Waals surface area contributed by atoms with E-state index in [4.69, 9.17) is 4.98 Å². The van der Waals surface area contributed by atoms with Gasteiger partial charge in [-0.1, -0.05) is 105 Å². The van der Waals surface area contributed by atoms with Gasteiger partial charge in [0.25, 0.3) is 5.56 Å². The number of hydrogen-bond donors (Lipinski definition) is 0. The van der Waals surface area contributed by atoms with Crippen molar-refractivity contribution >= 4 is 31.6 Å². The molecule has 1 aliphatic rings. The fourth-order valence-corrected chi connectivity index (χ4v) is 6.42. The molecule has 6 rings (SSSR count). The van der Waals surface area contributed by atoms with Gasteiger partial charge < -0.3 is 0 Å². The van der Waals surface area contributed by atoms with Gasteiger partial charge in [-0.15, -0.1) is 11.3 Å². The minimum Gasteiger partial charge on any atom is -0.291 e. The van der Waals surface area contributed by atoms with Crippen LogP contribution in [0.3, 0.4) is 0 Å². The first-order valence-electron chi connectivity index (χ1n) is 12.4. The Morgan fingerprint density at radius 1 is 0.794 bits per heavy atom. The summed E-state index contributed by atoms with van der Waals surface area (Å²) >= 11 is 1.57. The SMILES string of the molecule is O=c1c2sc3ccccc3c2nc(-c2ccc(-c3ccccc3)cc2)n1CCC1CCCCC1. The lowest BCUT2D eigenvalue weighted by atomic mass is 9.87. The highest BCUT2D eigenvalue weighted by atomic mass is 32.1. The maximum atomic E-state index is 13.8. The normalized spacial score (nSPS) is 14.7. The Balaban J connectivity index is 1.46. The Kier molecular flexibility index (Phi) is 5.76. The van der Waals surface area contributed by atoms with E-state index in [0.717, 1.165) is 44.7 Å². The molecule has 1 saturated carbocycles. The van der Waals surface area contributed by atoms with E-state index in [9.17, 15) is 4.79 Å². The van der Waals surface area contributed by atoms with E-state index in [2.05, 4.69) is 60.7 Å². The van der Waals surface area contributed by atoms with Crippen LogP contribution in [0.15, 0.2) is 83.7 Å². The van der Waals surface area contributed by atoms with Crippen LogP contribution in [0, 0.1) is 5.92 Å². The van der Waals surface area contributed by atoms with Crippen LogP contribution in [0.1, 0.15) is 38.5 Å². The van der Waals surface area contributed by atoms with Gasteiger partial charge in [-0.3, -0.25) is 9.36 Å². The molecule has 2 heterocycles. The van der Waals surface area contributed by atoms with Crippen LogP contribution in [-0.4, -0.2) is 9.55 Å². The summed E-state index contributed by atoms with van der Waals surface area (Å²) in [6.45, 7) is 0.733. The molecular formula is C30H28N2OS. The van der Waals surface area contributed by atoms with E-state index in [1.54, 1.807) is 11.3 Å². The predicted molar refractivity (Wildman–Crippen MR) is 143 cm³/mol. The molecule has 4 heteroatoms. The van der Waals surface area contributed by atoms with Crippen molar-refractivity contribution in [3.05, 3.63) is 89.2 Å². The van der Waals surface area contributed by atoms with Crippen LogP contribution < -0.4 is 5.56 Å². The molecule has 0 N–H and O–H groups in total. The third kappa shape index (κ3) is 3.97. The van der Waals surface area contributed by atoms with Crippen molar-refractivity contribution in [2.75, 3.05) is 0 Å². The lowest BCUT2D eigenvalue weighted by Gasteiger charge is -2.22. The van der Waals surface area contributed by atoms with E-state index in [0.29, 0.717) is 5.92 Å². The molecule has 0 amide bonds. The zero-order chi connectivity index (χ0) is 22.9. The Hall–Kier alpha value is -3.24. The molecule has 0 aliphatic heterocycles. The summed E-state index contributed by atoms with van der Waals surface area (Å²) in [4.78, 5) is 18.9. The highest BCUT2D eigenvalue weighted by Gasteiger charge is 2.19. The molecular weight excluding hydrogens is 436 g/mol. The summed E-state index contributed by atoms with van der Waals surface area (Å²) in [5, 5.41) is 1.07. The van der Waals surface area contributed by atoms with Gasteiger partial charge in [0.2, 0.25) is 0 Å². The number of nitrogens with zero attached hydrogens (tertiary/aromatic N) is 2. The van der Waals surface area contributed by atoms with Crippen LogP contribution >= 0.6 is 11.3 Å². The van der Waals surface area contributed by atoms with Crippen LogP contribution in [0.2, 0.25) is 0 Å². The fourth-order valence-electron chi connectivity index (χ4n) is 5.33. The van der Waals surface area contributed by atoms with E-state index in [-0.39, 0.29) is 5.56 Å². The highest BCUT2D eigenvalue weighted by molar-refractivity contribution is 7.25. The predicted octanol–water partition coefficient (Wildman–Crippen LogP) is 7.92. The number of rotatable bonds is 5. The van der Waals surface area contributed by atoms with Gasteiger partial charge in [-0.25, -0.2) is 4.98 Å². The number of benzene rings is 3. The van der Waals surface area contributed by atoms with E-state index in [1.807, 2.05) is 22.8 Å². The minimum atomic E-state index is 0.101. The van der Waals surface area contributed by atoms with Gasteiger partial charge in [-0.05, 0) is 29.5 Å². The average molecular weight is 465 g/mol. The molecule has 170 valence electrons. The first kappa shape index (κ1) is 21.3. The molecule has 0 spiro atoms. The van der Waals surface area contributed by atoms with Crippen molar-refractivity contribution in [2.45, 2.75) is 45.1 Å². The second-order valence-corrected chi connectivity index (χ2v) is 10.5. The summed E-state index contributed by atoms with van der Waals surface area (Å²) in [6.07, 6.45) is 7.61. The van der Waals surface area contributed by atoms with Crippen molar-refractivity contribution in [1.29, 1.82) is 0 Å². The molecule has 3 aromatic carbocycles. The third-order valence-corrected chi connectivity index (χ3v) is 8.37. The summed E-state index contributed by atoms with van der Waals surface area (Å²) < 4.78 is 3.84. The second kappa shape index (κ2) is 9.19. The average Bonchev–Trinajstić information content (AvgIpc) is 3.28. The van der Waals surface area contributed by atoms with Crippen molar-refractivity contribution in [3.8, 4) is 22.5 Å². The number of thiophene rings is 1. The maximum absolute atomic E-state index is 13.8. The van der Waals surface area contributed by atoms with Crippen LogP contribution in [0.4, 0.5) is 0 Å². The Morgan fingerprint density at radius 3 is 2.26 bits per heavy atom. The quantitative estimate of drug-likeness (QED) is 0.265. The van der Waals surface area contributed by atoms with E-state index >= 15 is 0 Å². The maximum Gasteiger partial charge on any atom is 0.271 e. The third-order valence-electron chi connectivity index (χ3n) is 7.22. The van der Waals surface area contributed by atoms with Gasteiger partial charge in [0.15, 0.2) is 0 Å². The zero-order valence-electron chi connectivity index (χ0n) is 19.2. The summed E-state index contributed by atoms with van der Waals surface area (Å²) in [6, 6.07) is 27.1. The monoisotopic (exact) mass is 464 g/mol. The molecule has 0 atom stereocenters. The molecule has 1 fully saturated rings. The molecule has 1 aliphatic carbocycles. The van der Waals surface area contributed by atoms with Gasteiger partial charge in [-0.2, -0.15) is 0 Å². The zero-order valence-corrected chi connectivity index (χ0v) is 20.1. The summed E-state index contributed by atoms with van der Waals surface area (Å²) in [5.41, 5.74) is 4.29. The number of hydrogen-bond acceptors (Lipinski definition) is 3. The van der Waals surface area contributed by atoms with Crippen LogP contribution in [0.5, 0.6) is 0 Å². The topological polar surface area (TPSA) is 34.9 Å². The smallest absolute Gasteiger partial charge is 0.271 e. The van der Waals surface area contributed by atoms with Crippen molar-refractivity contribution in [1.82, 2.24) is 9.55 Å². The highest BCUT2D eigenvalue weighted by Crippen LogP contribution is 2.33. The van der Waals surface area contributed by atoms with Gasteiger partial charge in [0.1, 0.15) is 10.5 Å². The van der Waals surface area contributed by atoms with E-state index in [1.165, 1.54) is 43.2 Å². The Bertz CT molecular complexity index is 1490. The Morgan fingerprint density at radius 2 is 1.47 bits per heavy atom. The molecule has 34 heavy (non-hydrogen) atoms. The standard InChI is InChI=1S/C30H28N2OS/c33-30-28-27(25-13-7-8-14-26(25)34-28)31-29(32(30)20-19-21-9-3-1-4-10-21)24-17-15-23(16-18-24)22-11-5-2-6-12-22/h2,5-8,11-18,21H,1,3-4,9-10,19-20H2. The molecule has 0 saturated heterocycles. The number of fused-ring (bicyclic) bond motifs is 3. The second-order valence-electron chi connectivity index (χ2n) is 9.40. The molecule has 3 nitrogen and oxygen atoms in total. The first-order chi connectivity index (χ1) is 16.8. The molecule has 2 aromatic heterocycles. The summed E-state index contributed by atoms with van der Waals surface area (Å²) in [5.74, 6) is 1.50. The fraction of sp³-hybridized carbons (Fsp3) is 0.267. The summed E-state index contributed by atoms with van der Waals surface area (Å²) in [7, 11) is 0. The van der Waals surface area contributed by atoms with Gasteiger partial charge >= 0.3 is 0 Å². The van der Waals surface area contributed by atoms with Crippen LogP contribution in [-0.2, 0) is 6.54 Å². The Labute approximate surface area is 203 Å². The molecule has 0 unspecified atom stereocenters. The van der Waals surface area contributed by atoms with Crippen molar-refractivity contribution in [3.63, 3.8) is 0 Å². The number of aromatic nitrogens is 2. The van der Waals surface area contributed by atoms with Crippen molar-refractivity contribution in [2.24, 2.45) is 5.92 Å². The lowest BCUT2D eigenvalue weighted by Crippen LogP contribution is -2.24.